The number of carbonyl (C=O) groups is 1. The van der Waals surface area contributed by atoms with E-state index in [0.717, 1.165) is 24.0 Å². The van der Waals surface area contributed by atoms with Gasteiger partial charge in [0, 0.05) is 23.6 Å². The van der Waals surface area contributed by atoms with Gasteiger partial charge in [0.15, 0.2) is 5.78 Å². The smallest absolute Gasteiger partial charge is 0.185 e. The summed E-state index contributed by atoms with van der Waals surface area (Å²) in [5.74, 6) is -0.358. The molecule has 34 heavy (non-hydrogen) atoms. The molecule has 2 aliphatic heterocycles. The number of allylic oxidation sites excluding steroid dienone is 3. The summed E-state index contributed by atoms with van der Waals surface area (Å²) >= 11 is 0. The Bertz CT molecular complexity index is 1310. The van der Waals surface area contributed by atoms with Crippen LogP contribution in [-0.2, 0) is 0 Å². The van der Waals surface area contributed by atoms with Gasteiger partial charge in [-0.2, -0.15) is 15.8 Å². The number of nitriles is 3. The van der Waals surface area contributed by atoms with Gasteiger partial charge in [0.1, 0.15) is 23.8 Å². The second-order valence-electron chi connectivity index (χ2n) is 8.96. The summed E-state index contributed by atoms with van der Waals surface area (Å²) in [7, 11) is 0. The van der Waals surface area contributed by atoms with Gasteiger partial charge in [0.25, 0.3) is 0 Å². The Morgan fingerprint density at radius 3 is 2.15 bits per heavy atom. The maximum absolute atomic E-state index is 14.0. The van der Waals surface area contributed by atoms with Crippen LogP contribution in [0.2, 0.25) is 0 Å². The highest BCUT2D eigenvalue weighted by Gasteiger charge is 2.55. The zero-order valence-corrected chi connectivity index (χ0v) is 18.5. The monoisotopic (exact) mass is 442 g/mol. The van der Waals surface area contributed by atoms with Gasteiger partial charge < -0.3 is 4.90 Å². The first-order valence-corrected chi connectivity index (χ1v) is 11.4. The third-order valence-corrected chi connectivity index (χ3v) is 7.05. The molecule has 5 rings (SSSR count). The van der Waals surface area contributed by atoms with Crippen LogP contribution in [0.15, 0.2) is 95.7 Å². The fraction of sp³-hybridized carbons (Fsp3) is 0.241. The van der Waals surface area contributed by atoms with Crippen LogP contribution < -0.4 is 0 Å². The summed E-state index contributed by atoms with van der Waals surface area (Å²) in [5.41, 5.74) is 3.09. The molecule has 0 spiro atoms. The van der Waals surface area contributed by atoms with E-state index < -0.39 is 6.04 Å². The first kappa shape index (κ1) is 21.4. The number of hydrogen-bond donors (Lipinski definition) is 0. The van der Waals surface area contributed by atoms with Crippen molar-refractivity contribution in [2.75, 3.05) is 0 Å². The molecule has 0 amide bonds. The SMILES string of the molecule is N#CC1=CN2[C@H](C(=O)c3ccccc3)[C@@H](c3ccccc3)[C@H](C(=C(C#N)C#N)C3CC3)[C@@H]2C=C1. The van der Waals surface area contributed by atoms with Crippen LogP contribution in [0.3, 0.4) is 0 Å². The standard InChI is InChI=1S/C29H22N4O/c30-15-19-11-14-24-27(25(21-12-13-21)23(16-31)17-32)26(20-7-3-1-4-8-20)28(33(24)18-19)29(34)22-9-5-2-6-10-22/h1-11,14,18,21,24,26-28H,12-13H2/t24-,26-,27-,28-/m0/s1. The largest absolute Gasteiger partial charge is 0.358 e. The van der Waals surface area contributed by atoms with Crippen LogP contribution in [0.4, 0.5) is 0 Å². The van der Waals surface area contributed by atoms with E-state index in [1.165, 1.54) is 0 Å². The summed E-state index contributed by atoms with van der Waals surface area (Å²) in [4.78, 5) is 16.0. The van der Waals surface area contributed by atoms with Gasteiger partial charge in [0.2, 0.25) is 0 Å². The molecule has 1 aliphatic carbocycles. The average Bonchev–Trinajstić information content (AvgIpc) is 3.68. The molecular weight excluding hydrogens is 420 g/mol. The van der Waals surface area contributed by atoms with E-state index in [1.54, 1.807) is 12.3 Å². The Labute approximate surface area is 199 Å². The topological polar surface area (TPSA) is 91.7 Å². The van der Waals surface area contributed by atoms with Crippen molar-refractivity contribution in [2.24, 2.45) is 11.8 Å². The van der Waals surface area contributed by atoms with E-state index in [9.17, 15) is 20.6 Å². The van der Waals surface area contributed by atoms with Crippen LogP contribution in [0.5, 0.6) is 0 Å². The predicted octanol–water partition coefficient (Wildman–Crippen LogP) is 5.05. The molecule has 3 aliphatic rings. The second-order valence-corrected chi connectivity index (χ2v) is 8.96. The molecule has 0 radical (unpaired) electrons. The molecule has 5 heteroatoms. The maximum atomic E-state index is 14.0. The maximum Gasteiger partial charge on any atom is 0.185 e. The summed E-state index contributed by atoms with van der Waals surface area (Å²) in [6.45, 7) is 0. The van der Waals surface area contributed by atoms with E-state index in [1.807, 2.05) is 71.6 Å². The fourth-order valence-corrected chi connectivity index (χ4v) is 5.53. The molecule has 0 aromatic heterocycles. The second kappa shape index (κ2) is 8.86. The summed E-state index contributed by atoms with van der Waals surface area (Å²) in [6, 6.07) is 24.8. The Hall–Kier alpha value is -4.40. The van der Waals surface area contributed by atoms with Crippen molar-refractivity contribution < 1.29 is 4.79 Å². The highest BCUT2D eigenvalue weighted by Crippen LogP contribution is 2.54. The van der Waals surface area contributed by atoms with Crippen LogP contribution in [0.25, 0.3) is 0 Å². The van der Waals surface area contributed by atoms with Gasteiger partial charge in [-0.05, 0) is 36.0 Å². The summed E-state index contributed by atoms with van der Waals surface area (Å²) < 4.78 is 0. The molecule has 1 saturated carbocycles. The first-order valence-electron chi connectivity index (χ1n) is 11.4. The zero-order chi connectivity index (χ0) is 23.7. The Morgan fingerprint density at radius 1 is 0.912 bits per heavy atom. The third-order valence-electron chi connectivity index (χ3n) is 7.05. The van der Waals surface area contributed by atoms with E-state index in [2.05, 4.69) is 18.2 Å². The lowest BCUT2D eigenvalue weighted by Gasteiger charge is -2.31. The highest BCUT2D eigenvalue weighted by molar-refractivity contribution is 6.01. The Kier molecular flexibility index (Phi) is 5.59. The lowest BCUT2D eigenvalue weighted by atomic mass is 9.73. The number of hydrogen-bond acceptors (Lipinski definition) is 5. The van der Waals surface area contributed by atoms with Gasteiger partial charge in [-0.25, -0.2) is 0 Å². The molecule has 4 atom stereocenters. The molecule has 0 unspecified atom stereocenters. The average molecular weight is 443 g/mol. The number of Topliss-reactive ketones (excluding diaryl/α,β-unsaturated/α-hetero) is 1. The van der Waals surface area contributed by atoms with E-state index >= 15 is 0 Å². The third kappa shape index (κ3) is 3.61. The Morgan fingerprint density at radius 2 is 1.56 bits per heavy atom. The van der Waals surface area contributed by atoms with Gasteiger partial charge in [-0.15, -0.1) is 0 Å². The van der Waals surface area contributed by atoms with Crippen molar-refractivity contribution in [1.82, 2.24) is 4.90 Å². The van der Waals surface area contributed by atoms with E-state index in [-0.39, 0.29) is 35.2 Å². The van der Waals surface area contributed by atoms with Gasteiger partial charge in [-0.1, -0.05) is 66.7 Å². The number of rotatable bonds is 5. The van der Waals surface area contributed by atoms with Crippen LogP contribution in [0, 0.1) is 45.8 Å². The number of ketones is 1. The van der Waals surface area contributed by atoms with E-state index in [0.29, 0.717) is 11.1 Å². The molecule has 0 bridgehead atoms. The van der Waals surface area contributed by atoms with Gasteiger partial charge in [0.05, 0.1) is 17.7 Å². The van der Waals surface area contributed by atoms with Crippen LogP contribution in [-0.4, -0.2) is 22.8 Å². The lowest BCUT2D eigenvalue weighted by molar-refractivity contribution is 0.0881. The van der Waals surface area contributed by atoms with Crippen LogP contribution >= 0.6 is 0 Å². The highest BCUT2D eigenvalue weighted by atomic mass is 16.1. The molecule has 2 aromatic rings. The quantitative estimate of drug-likeness (QED) is 0.477. The molecular formula is C29H22N4O. The molecule has 1 saturated heterocycles. The summed E-state index contributed by atoms with van der Waals surface area (Å²) in [6.07, 6.45) is 7.40. The summed E-state index contributed by atoms with van der Waals surface area (Å²) in [5, 5.41) is 29.3. The van der Waals surface area contributed by atoms with Crippen molar-refractivity contribution in [1.29, 1.82) is 15.8 Å². The molecule has 0 N–H and O–H groups in total. The molecule has 2 aromatic carbocycles. The molecule has 2 heterocycles. The number of fused-ring (bicyclic) bond motifs is 1. The molecule has 5 nitrogen and oxygen atoms in total. The van der Waals surface area contributed by atoms with Crippen molar-refractivity contribution in [3.05, 3.63) is 107 Å². The minimum atomic E-state index is -0.569. The Balaban J connectivity index is 1.75. The van der Waals surface area contributed by atoms with Crippen molar-refractivity contribution >= 4 is 5.78 Å². The normalized spacial score (nSPS) is 24.7. The van der Waals surface area contributed by atoms with Crippen molar-refractivity contribution in [3.63, 3.8) is 0 Å². The first-order chi connectivity index (χ1) is 16.7. The van der Waals surface area contributed by atoms with E-state index in [4.69, 9.17) is 0 Å². The van der Waals surface area contributed by atoms with Gasteiger partial charge >= 0.3 is 0 Å². The van der Waals surface area contributed by atoms with Crippen LogP contribution in [0.1, 0.15) is 34.7 Å². The van der Waals surface area contributed by atoms with Crippen molar-refractivity contribution in [2.45, 2.75) is 30.8 Å². The predicted molar refractivity (Wildman–Crippen MR) is 127 cm³/mol. The molecule has 164 valence electrons. The fourth-order valence-electron chi connectivity index (χ4n) is 5.53. The lowest BCUT2D eigenvalue weighted by Crippen LogP contribution is -2.39. The number of benzene rings is 2. The van der Waals surface area contributed by atoms with Gasteiger partial charge in [-0.3, -0.25) is 4.79 Å². The minimum absolute atomic E-state index is 0.0311. The number of carbonyl (C=O) groups excluding carboxylic acids is 1. The zero-order valence-electron chi connectivity index (χ0n) is 18.5. The van der Waals surface area contributed by atoms with Crippen molar-refractivity contribution in [3.8, 4) is 18.2 Å². The number of nitrogens with zero attached hydrogens (tertiary/aromatic N) is 4. The molecule has 2 fully saturated rings. The minimum Gasteiger partial charge on any atom is -0.358 e.